The Hall–Kier alpha value is -3.38. The molecule has 3 rings (SSSR count). The molecular weight excluding hydrogens is 430 g/mol. The summed E-state index contributed by atoms with van der Waals surface area (Å²) in [6.45, 7) is 6.09. The Labute approximate surface area is 202 Å². The number of ether oxygens (including phenoxy) is 1. The van der Waals surface area contributed by atoms with Crippen molar-refractivity contribution in [3.8, 4) is 0 Å². The summed E-state index contributed by atoms with van der Waals surface area (Å²) < 4.78 is 5.41. The largest absolute Gasteiger partial charge is 0.481 e. The van der Waals surface area contributed by atoms with Crippen molar-refractivity contribution in [3.63, 3.8) is 0 Å². The Morgan fingerprint density at radius 1 is 0.971 bits per heavy atom. The minimum absolute atomic E-state index is 0.0720. The molecule has 1 unspecified atom stereocenters. The van der Waals surface area contributed by atoms with E-state index in [4.69, 9.17) is 9.84 Å². The number of hydrogen-bond donors (Lipinski definition) is 3. The van der Waals surface area contributed by atoms with Crippen LogP contribution in [0, 0.1) is 5.92 Å². The van der Waals surface area contributed by atoms with Gasteiger partial charge in [-0.3, -0.25) is 9.59 Å². The zero-order chi connectivity index (χ0) is 24.9. The van der Waals surface area contributed by atoms with Crippen molar-refractivity contribution >= 4 is 23.1 Å². The van der Waals surface area contributed by atoms with Crippen LogP contribution in [-0.2, 0) is 14.3 Å². The highest BCUT2D eigenvalue weighted by Crippen LogP contribution is 2.35. The molecule has 0 fully saturated rings. The molecule has 0 aliphatic carbocycles. The fourth-order valence-corrected chi connectivity index (χ4v) is 3.54. The van der Waals surface area contributed by atoms with Gasteiger partial charge in [0.15, 0.2) is 0 Å². The molecule has 2 aromatic carbocycles. The van der Waals surface area contributed by atoms with Crippen molar-refractivity contribution < 1.29 is 24.5 Å². The molecule has 1 aliphatic rings. The van der Waals surface area contributed by atoms with E-state index in [0.29, 0.717) is 23.3 Å². The summed E-state index contributed by atoms with van der Waals surface area (Å²) in [5.41, 5.74) is 3.18. The van der Waals surface area contributed by atoms with E-state index in [1.54, 1.807) is 0 Å². The lowest BCUT2D eigenvalue weighted by Gasteiger charge is -2.27. The second-order valence-electron chi connectivity index (χ2n) is 8.40. The highest BCUT2D eigenvalue weighted by Gasteiger charge is 2.31. The predicted octanol–water partition coefficient (Wildman–Crippen LogP) is 6.01. The molecule has 0 spiro atoms. The third-order valence-electron chi connectivity index (χ3n) is 5.34. The number of aliphatic carboxylic acids is 1. The van der Waals surface area contributed by atoms with E-state index >= 15 is 0 Å². The number of unbranched alkanes of at least 4 members (excludes halogenated alkanes) is 3. The maximum Gasteiger partial charge on any atom is 0.303 e. The standard InChI is InChI=1S/C21H21NO3.C7H14O2/c1-14(2)17-13-25-21(24)18(15-9-5-3-6-10-15)19(17)20(23)22-16-11-7-4-8-12-16;1-2-3-4-5-6-7(8)9/h3-14,21,24H,1-2H3,(H,22,23);2-6H2,1H3,(H,8,9). The first-order valence-electron chi connectivity index (χ1n) is 11.8. The van der Waals surface area contributed by atoms with E-state index in [2.05, 4.69) is 12.2 Å². The lowest BCUT2D eigenvalue weighted by molar-refractivity contribution is -0.137. The van der Waals surface area contributed by atoms with Gasteiger partial charge in [0.2, 0.25) is 6.29 Å². The first-order chi connectivity index (χ1) is 16.3. The maximum absolute atomic E-state index is 13.0. The number of hydrogen-bond acceptors (Lipinski definition) is 4. The van der Waals surface area contributed by atoms with Gasteiger partial charge in [0.05, 0.1) is 11.8 Å². The molecule has 182 valence electrons. The quantitative estimate of drug-likeness (QED) is 0.394. The highest BCUT2D eigenvalue weighted by molar-refractivity contribution is 6.12. The van der Waals surface area contributed by atoms with Crippen molar-refractivity contribution in [2.75, 3.05) is 5.32 Å². The van der Waals surface area contributed by atoms with Crippen LogP contribution in [0.4, 0.5) is 5.69 Å². The third kappa shape index (κ3) is 8.19. The van der Waals surface area contributed by atoms with E-state index in [9.17, 15) is 14.7 Å². The molecule has 34 heavy (non-hydrogen) atoms. The number of nitrogens with one attached hydrogen (secondary N) is 1. The Bertz CT molecular complexity index is 980. The molecule has 6 heteroatoms. The molecule has 1 amide bonds. The van der Waals surface area contributed by atoms with Crippen LogP contribution in [0.2, 0.25) is 0 Å². The zero-order valence-electron chi connectivity index (χ0n) is 20.2. The van der Waals surface area contributed by atoms with Gasteiger partial charge in [0.25, 0.3) is 5.91 Å². The number of carboxylic acid groups (broad SMARTS) is 1. The van der Waals surface area contributed by atoms with Crippen LogP contribution in [0.1, 0.15) is 58.4 Å². The normalized spacial score (nSPS) is 15.1. The number of aliphatic hydroxyl groups excluding tert-OH is 1. The smallest absolute Gasteiger partial charge is 0.303 e. The number of carboxylic acids is 1. The Kier molecular flexibility index (Phi) is 11.1. The summed E-state index contributed by atoms with van der Waals surface area (Å²) >= 11 is 0. The Morgan fingerprint density at radius 2 is 1.59 bits per heavy atom. The molecule has 0 saturated heterocycles. The number of carbonyl (C=O) groups excluding carboxylic acids is 1. The van der Waals surface area contributed by atoms with Gasteiger partial charge in [-0.05, 0) is 30.0 Å². The fourth-order valence-electron chi connectivity index (χ4n) is 3.54. The summed E-state index contributed by atoms with van der Waals surface area (Å²) in [7, 11) is 0. The van der Waals surface area contributed by atoms with Gasteiger partial charge in [-0.1, -0.05) is 88.6 Å². The number of benzene rings is 2. The SMILES string of the molecule is CC(C)C1=COC(O)C(c2ccccc2)=C1C(=O)Nc1ccccc1.CCCCCCC(=O)O. The molecule has 1 heterocycles. The van der Waals surface area contributed by atoms with Crippen LogP contribution >= 0.6 is 0 Å². The van der Waals surface area contributed by atoms with Crippen molar-refractivity contribution in [2.45, 2.75) is 59.2 Å². The second kappa shape index (κ2) is 14.0. The predicted molar refractivity (Wildman–Crippen MR) is 135 cm³/mol. The average Bonchev–Trinajstić information content (AvgIpc) is 2.83. The molecule has 0 saturated carbocycles. The van der Waals surface area contributed by atoms with Gasteiger partial charge in [0.1, 0.15) is 0 Å². The maximum atomic E-state index is 13.0. The van der Waals surface area contributed by atoms with E-state index in [1.165, 1.54) is 12.7 Å². The topological polar surface area (TPSA) is 95.9 Å². The van der Waals surface area contributed by atoms with Crippen LogP contribution in [0.5, 0.6) is 0 Å². The molecule has 1 aliphatic heterocycles. The molecule has 0 bridgehead atoms. The zero-order valence-corrected chi connectivity index (χ0v) is 20.2. The lowest BCUT2D eigenvalue weighted by atomic mass is 9.87. The number of anilines is 1. The number of aliphatic hydroxyl groups is 1. The summed E-state index contributed by atoms with van der Waals surface area (Å²) in [4.78, 5) is 23.0. The molecule has 1 atom stereocenters. The molecule has 0 aromatic heterocycles. The summed E-state index contributed by atoms with van der Waals surface area (Å²) in [6.07, 6.45) is 4.86. The highest BCUT2D eigenvalue weighted by atomic mass is 16.6. The first-order valence-corrected chi connectivity index (χ1v) is 11.8. The second-order valence-corrected chi connectivity index (χ2v) is 8.40. The lowest BCUT2D eigenvalue weighted by Crippen LogP contribution is -2.27. The van der Waals surface area contributed by atoms with Crippen molar-refractivity contribution in [1.29, 1.82) is 0 Å². The minimum atomic E-state index is -1.18. The van der Waals surface area contributed by atoms with Crippen LogP contribution in [0.3, 0.4) is 0 Å². The van der Waals surface area contributed by atoms with Gasteiger partial charge < -0.3 is 20.3 Å². The summed E-state index contributed by atoms with van der Waals surface area (Å²) in [6, 6.07) is 18.6. The fraction of sp³-hybridized carbons (Fsp3) is 0.357. The van der Waals surface area contributed by atoms with E-state index in [0.717, 1.165) is 30.4 Å². The van der Waals surface area contributed by atoms with Crippen LogP contribution in [0.25, 0.3) is 5.57 Å². The van der Waals surface area contributed by atoms with Crippen molar-refractivity contribution in [3.05, 3.63) is 83.6 Å². The molecule has 2 aromatic rings. The molecule has 6 nitrogen and oxygen atoms in total. The number of rotatable bonds is 9. The summed E-state index contributed by atoms with van der Waals surface area (Å²) in [5, 5.41) is 21.5. The van der Waals surface area contributed by atoms with Crippen molar-refractivity contribution in [1.82, 2.24) is 0 Å². The number of amides is 1. The Balaban J connectivity index is 0.000000387. The van der Waals surface area contributed by atoms with E-state index in [1.807, 2.05) is 74.5 Å². The van der Waals surface area contributed by atoms with Gasteiger partial charge in [-0.2, -0.15) is 0 Å². The van der Waals surface area contributed by atoms with E-state index in [-0.39, 0.29) is 11.8 Å². The number of para-hydroxylation sites is 1. The minimum Gasteiger partial charge on any atom is -0.481 e. The van der Waals surface area contributed by atoms with E-state index < -0.39 is 12.3 Å². The molecule has 3 N–H and O–H groups in total. The van der Waals surface area contributed by atoms with Gasteiger partial charge in [-0.15, -0.1) is 0 Å². The van der Waals surface area contributed by atoms with Crippen molar-refractivity contribution in [2.24, 2.45) is 5.92 Å². The molecular formula is C28H35NO5. The third-order valence-corrected chi connectivity index (χ3v) is 5.34. The molecule has 0 radical (unpaired) electrons. The first kappa shape index (κ1) is 26.9. The van der Waals surface area contributed by atoms with Gasteiger partial charge in [0, 0.05) is 23.3 Å². The average molecular weight is 466 g/mol. The number of carbonyl (C=O) groups is 2. The monoisotopic (exact) mass is 465 g/mol. The Morgan fingerprint density at radius 3 is 2.15 bits per heavy atom. The summed E-state index contributed by atoms with van der Waals surface area (Å²) in [5.74, 6) is -0.860. The van der Waals surface area contributed by atoms with Crippen LogP contribution in [0.15, 0.2) is 78.1 Å². The van der Waals surface area contributed by atoms with Gasteiger partial charge in [-0.25, -0.2) is 0 Å². The van der Waals surface area contributed by atoms with Crippen LogP contribution in [-0.4, -0.2) is 28.4 Å². The van der Waals surface area contributed by atoms with Crippen LogP contribution < -0.4 is 5.32 Å². The van der Waals surface area contributed by atoms with Gasteiger partial charge >= 0.3 is 5.97 Å².